The molecule has 0 aliphatic carbocycles. The molecule has 2 aromatic carbocycles. The lowest BCUT2D eigenvalue weighted by Crippen LogP contribution is -1.94. The zero-order chi connectivity index (χ0) is 13.4. The summed E-state index contributed by atoms with van der Waals surface area (Å²) < 4.78 is 9.25. The molecule has 0 saturated heterocycles. The molecule has 0 aliphatic rings. The largest absolute Gasteiger partial charge is 0.316 e. The molecule has 0 radical (unpaired) electrons. The van der Waals surface area contributed by atoms with Gasteiger partial charge in [-0.2, -0.15) is 0 Å². The van der Waals surface area contributed by atoms with Crippen molar-refractivity contribution in [2.45, 2.75) is 6.92 Å². The van der Waals surface area contributed by atoms with Gasteiger partial charge in [-0.1, -0.05) is 18.2 Å². The van der Waals surface area contributed by atoms with Gasteiger partial charge in [-0.25, -0.2) is 0 Å². The second-order valence-electron chi connectivity index (χ2n) is 4.35. The summed E-state index contributed by atoms with van der Waals surface area (Å²) in [6.07, 6.45) is 1.34. The number of rotatable bonds is 2. The highest BCUT2D eigenvalue weighted by molar-refractivity contribution is 5.88. The first-order valence-electron chi connectivity index (χ1n) is 6.35. The predicted molar refractivity (Wildman–Crippen MR) is 73.4 cm³/mol. The van der Waals surface area contributed by atoms with Crippen molar-refractivity contribution in [2.24, 2.45) is 0 Å². The maximum Gasteiger partial charge on any atom is 0.150 e. The lowest BCUT2D eigenvalue weighted by Gasteiger charge is -2.08. The molecule has 18 heavy (non-hydrogen) atoms. The lowest BCUT2D eigenvalue weighted by atomic mass is 10.1. The number of aromatic nitrogens is 1. The van der Waals surface area contributed by atoms with Crippen LogP contribution in [0.25, 0.3) is 16.6 Å². The Morgan fingerprint density at radius 2 is 2.00 bits per heavy atom. The summed E-state index contributed by atoms with van der Waals surface area (Å²) in [6, 6.07) is 15.5. The third-order valence-corrected chi connectivity index (χ3v) is 3.18. The fourth-order valence-electron chi connectivity index (χ4n) is 2.25. The van der Waals surface area contributed by atoms with E-state index < -0.39 is 6.26 Å². The van der Waals surface area contributed by atoms with E-state index in [0.717, 1.165) is 16.6 Å². The average molecular weight is 236 g/mol. The van der Waals surface area contributed by atoms with Crippen molar-refractivity contribution in [3.63, 3.8) is 0 Å². The predicted octanol–water partition coefficient (Wildman–Crippen LogP) is 3.75. The van der Waals surface area contributed by atoms with Crippen LogP contribution in [0.5, 0.6) is 0 Å². The lowest BCUT2D eigenvalue weighted by molar-refractivity contribution is 0.112. The van der Waals surface area contributed by atoms with Crippen LogP contribution in [0, 0.1) is 6.92 Å². The van der Waals surface area contributed by atoms with Crippen LogP contribution >= 0.6 is 0 Å². The van der Waals surface area contributed by atoms with Gasteiger partial charge >= 0.3 is 0 Å². The van der Waals surface area contributed by atoms with Crippen molar-refractivity contribution in [2.75, 3.05) is 0 Å². The number of carbonyl (C=O) groups is 1. The number of fused-ring (bicyclic) bond motifs is 1. The van der Waals surface area contributed by atoms with Crippen LogP contribution < -0.4 is 0 Å². The summed E-state index contributed by atoms with van der Waals surface area (Å²) in [5, 5.41) is 0.973. The number of aryl methyl sites for hydroxylation is 1. The minimum atomic E-state index is -0.648. The van der Waals surface area contributed by atoms with Crippen molar-refractivity contribution in [1.29, 1.82) is 0 Å². The molecule has 0 N–H and O–H groups in total. The standard InChI is InChI=1S/C16H13NO/c1-12-4-2-3-5-15(12)17-9-8-14-10-13(11-18)6-7-16(14)17/h2-11H,1H3/i11D. The molecular weight excluding hydrogens is 222 g/mol. The van der Waals surface area contributed by atoms with Gasteiger partial charge in [0, 0.05) is 22.8 Å². The first-order chi connectivity index (χ1) is 9.16. The molecule has 0 aliphatic heterocycles. The van der Waals surface area contributed by atoms with E-state index >= 15 is 0 Å². The summed E-state index contributed by atoms with van der Waals surface area (Å²) in [4.78, 5) is 11.1. The molecule has 0 amide bonds. The third-order valence-electron chi connectivity index (χ3n) is 3.18. The first-order valence-corrected chi connectivity index (χ1v) is 5.85. The van der Waals surface area contributed by atoms with Crippen LogP contribution in [-0.4, -0.2) is 10.8 Å². The monoisotopic (exact) mass is 236 g/mol. The van der Waals surface area contributed by atoms with Gasteiger partial charge in [-0.05, 0) is 42.8 Å². The molecule has 0 bridgehead atoms. The number of nitrogens with zero attached hydrogens (tertiary/aromatic N) is 1. The Bertz CT molecular complexity index is 773. The smallest absolute Gasteiger partial charge is 0.150 e. The molecule has 0 fully saturated rings. The average Bonchev–Trinajstić information content (AvgIpc) is 2.82. The number of aldehydes is 1. The summed E-state index contributed by atoms with van der Waals surface area (Å²) in [5.41, 5.74) is 3.79. The highest BCUT2D eigenvalue weighted by Gasteiger charge is 2.05. The van der Waals surface area contributed by atoms with Crippen LogP contribution in [0.4, 0.5) is 0 Å². The van der Waals surface area contributed by atoms with Gasteiger partial charge in [0.2, 0.25) is 0 Å². The molecule has 0 spiro atoms. The van der Waals surface area contributed by atoms with Crippen molar-refractivity contribution >= 4 is 17.2 Å². The van der Waals surface area contributed by atoms with Gasteiger partial charge in [0.25, 0.3) is 0 Å². The molecule has 3 aromatic rings. The van der Waals surface area contributed by atoms with E-state index in [9.17, 15) is 4.79 Å². The summed E-state index contributed by atoms with van der Waals surface area (Å²) in [7, 11) is 0. The van der Waals surface area contributed by atoms with Crippen LogP contribution in [0.1, 0.15) is 17.3 Å². The minimum absolute atomic E-state index is 0.426. The number of hydrogen-bond donors (Lipinski definition) is 0. The van der Waals surface area contributed by atoms with Crippen molar-refractivity contribution in [1.82, 2.24) is 4.57 Å². The molecule has 0 saturated carbocycles. The Kier molecular flexibility index (Phi) is 2.23. The molecule has 1 aromatic heterocycles. The summed E-state index contributed by atoms with van der Waals surface area (Å²) >= 11 is 0. The number of para-hydroxylation sites is 1. The highest BCUT2D eigenvalue weighted by atomic mass is 16.1. The topological polar surface area (TPSA) is 22.0 Å². The summed E-state index contributed by atoms with van der Waals surface area (Å²) in [5.74, 6) is 0. The van der Waals surface area contributed by atoms with Gasteiger partial charge < -0.3 is 4.57 Å². The second-order valence-corrected chi connectivity index (χ2v) is 4.35. The normalized spacial score (nSPS) is 11.5. The molecule has 2 nitrogen and oxygen atoms in total. The van der Waals surface area contributed by atoms with Gasteiger partial charge in [-0.3, -0.25) is 4.79 Å². The van der Waals surface area contributed by atoms with Crippen molar-refractivity contribution in [3.8, 4) is 5.69 Å². The second kappa shape index (κ2) is 4.15. The third kappa shape index (κ3) is 1.63. The number of hydrogen-bond acceptors (Lipinski definition) is 1. The highest BCUT2D eigenvalue weighted by Crippen LogP contribution is 2.23. The van der Waals surface area contributed by atoms with E-state index in [1.165, 1.54) is 5.56 Å². The Labute approximate surface area is 107 Å². The molecule has 0 atom stereocenters. The molecule has 2 heteroatoms. The SMILES string of the molecule is [2H]C(=O)c1ccc2c(ccn2-c2ccccc2C)c1. The Morgan fingerprint density at radius 1 is 1.17 bits per heavy atom. The fraction of sp³-hybridized carbons (Fsp3) is 0.0625. The van der Waals surface area contributed by atoms with Gasteiger partial charge in [0.15, 0.2) is 0 Å². The maximum atomic E-state index is 11.1. The zero-order valence-corrected chi connectivity index (χ0v) is 10.1. The number of benzene rings is 2. The van der Waals surface area contributed by atoms with Crippen LogP contribution in [0.15, 0.2) is 54.7 Å². The zero-order valence-electron chi connectivity index (χ0n) is 11.1. The fourth-order valence-corrected chi connectivity index (χ4v) is 2.25. The van der Waals surface area contributed by atoms with E-state index in [4.69, 9.17) is 1.37 Å². The molecular formula is C16H13NO. The Balaban J connectivity index is 2.22. The van der Waals surface area contributed by atoms with E-state index in [1.807, 2.05) is 30.5 Å². The van der Waals surface area contributed by atoms with E-state index in [0.29, 0.717) is 5.56 Å². The molecule has 1 heterocycles. The quantitative estimate of drug-likeness (QED) is 0.621. The molecule has 88 valence electrons. The number of carbonyl (C=O) groups excluding carboxylic acids is 1. The maximum absolute atomic E-state index is 11.1. The van der Waals surface area contributed by atoms with E-state index in [1.54, 1.807) is 12.1 Å². The van der Waals surface area contributed by atoms with Crippen LogP contribution in [0.3, 0.4) is 0 Å². The van der Waals surface area contributed by atoms with Gasteiger partial charge in [-0.15, -0.1) is 0 Å². The summed E-state index contributed by atoms with van der Waals surface area (Å²) in [6.45, 7) is 2.07. The van der Waals surface area contributed by atoms with Crippen molar-refractivity contribution in [3.05, 3.63) is 65.9 Å². The van der Waals surface area contributed by atoms with Gasteiger partial charge in [0.1, 0.15) is 7.63 Å². The first kappa shape index (κ1) is 9.66. The van der Waals surface area contributed by atoms with Gasteiger partial charge in [0.05, 0.1) is 5.52 Å². The van der Waals surface area contributed by atoms with Crippen molar-refractivity contribution < 1.29 is 6.17 Å². The Morgan fingerprint density at radius 3 is 2.78 bits per heavy atom. The molecule has 3 rings (SSSR count). The van der Waals surface area contributed by atoms with Crippen LogP contribution in [0.2, 0.25) is 0 Å². The Hall–Kier alpha value is -2.35. The van der Waals surface area contributed by atoms with E-state index in [-0.39, 0.29) is 0 Å². The minimum Gasteiger partial charge on any atom is -0.316 e. The molecule has 0 unspecified atom stereocenters. The van der Waals surface area contributed by atoms with Crippen LogP contribution in [-0.2, 0) is 0 Å². The van der Waals surface area contributed by atoms with E-state index in [2.05, 4.69) is 23.6 Å².